The van der Waals surface area contributed by atoms with Gasteiger partial charge >= 0.3 is 0 Å². The van der Waals surface area contributed by atoms with Crippen LogP contribution in [-0.2, 0) is 11.2 Å². The number of nitrogens with one attached hydrogen (secondary N) is 1. The number of anilines is 1. The minimum atomic E-state index is -0.287. The highest BCUT2D eigenvalue weighted by molar-refractivity contribution is 7.15. The van der Waals surface area contributed by atoms with Gasteiger partial charge in [0.25, 0.3) is 0 Å². The maximum absolute atomic E-state index is 11.9. The Hall–Kier alpha value is -2.54. The van der Waals surface area contributed by atoms with E-state index in [1.165, 1.54) is 23.5 Å². The first-order chi connectivity index (χ1) is 11.2. The maximum atomic E-state index is 11.9. The third kappa shape index (κ3) is 4.01. The molecule has 0 fully saturated rings. The molecule has 0 unspecified atom stereocenters. The number of unbranched alkanes of at least 4 members (excludes halogenated alkanes) is 1. The number of carbonyl (C=O) groups is 1. The zero-order valence-corrected chi connectivity index (χ0v) is 13.5. The number of aromatic nitrogens is 3. The Morgan fingerprint density at radius 2 is 2.22 bits per heavy atom. The van der Waals surface area contributed by atoms with E-state index in [1.807, 2.05) is 24.3 Å². The van der Waals surface area contributed by atoms with Gasteiger partial charge in [-0.15, -0.1) is 10.2 Å². The van der Waals surface area contributed by atoms with Crippen molar-refractivity contribution in [1.82, 2.24) is 15.2 Å². The zero-order chi connectivity index (χ0) is 16.1. The number of rotatable bonds is 6. The van der Waals surface area contributed by atoms with E-state index in [9.17, 15) is 4.79 Å². The molecule has 0 aliphatic carbocycles. The highest BCUT2D eigenvalue weighted by Crippen LogP contribution is 2.18. The summed E-state index contributed by atoms with van der Waals surface area (Å²) in [5, 5.41) is 12.1. The number of hydrogen-bond donors (Lipinski definition) is 1. The summed E-state index contributed by atoms with van der Waals surface area (Å²) in [5.41, 5.74) is 1.45. The van der Waals surface area contributed by atoms with Crippen LogP contribution >= 0.6 is 11.3 Å². The monoisotopic (exact) mass is 328 g/mol. The van der Waals surface area contributed by atoms with Gasteiger partial charge in [0.2, 0.25) is 16.9 Å². The molecule has 2 aromatic heterocycles. The van der Waals surface area contributed by atoms with Crippen molar-refractivity contribution in [3.05, 3.63) is 41.2 Å². The van der Waals surface area contributed by atoms with Gasteiger partial charge < -0.3 is 4.42 Å². The largest absolute Gasteiger partial charge is 0.437 e. The van der Waals surface area contributed by atoms with Crippen LogP contribution in [0.3, 0.4) is 0 Å². The van der Waals surface area contributed by atoms with E-state index in [-0.39, 0.29) is 5.91 Å². The van der Waals surface area contributed by atoms with Gasteiger partial charge in [0.1, 0.15) is 10.5 Å². The van der Waals surface area contributed by atoms with Crippen molar-refractivity contribution in [2.45, 2.75) is 26.2 Å². The average Bonchev–Trinajstić information content (AvgIpc) is 3.17. The van der Waals surface area contributed by atoms with Gasteiger partial charge in [-0.1, -0.05) is 36.8 Å². The van der Waals surface area contributed by atoms with Crippen LogP contribution in [0.4, 0.5) is 5.13 Å². The van der Waals surface area contributed by atoms with Gasteiger partial charge in [0, 0.05) is 18.6 Å². The standard InChI is InChI=1S/C16H16N4O2S/c1-2-3-8-15-19-20-16(23-15)18-13(21)9-10-14-17-11-6-4-5-7-12(11)22-14/h4-7,9-10H,2-3,8H2,1H3,(H,18,20,21)/b10-9+. The normalized spacial score (nSPS) is 11.3. The minimum absolute atomic E-state index is 0.287. The molecule has 2 heterocycles. The predicted octanol–water partition coefficient (Wildman–Crippen LogP) is 3.67. The Labute approximate surface area is 137 Å². The second-order valence-corrected chi connectivity index (χ2v) is 6.01. The number of oxazole rings is 1. The van der Waals surface area contributed by atoms with Gasteiger partial charge in [-0.05, 0) is 18.6 Å². The number of hydrogen-bond acceptors (Lipinski definition) is 6. The molecule has 1 N–H and O–H groups in total. The molecular formula is C16H16N4O2S. The molecule has 0 bridgehead atoms. The number of nitrogens with zero attached hydrogens (tertiary/aromatic N) is 3. The van der Waals surface area contributed by atoms with Crippen molar-refractivity contribution in [1.29, 1.82) is 0 Å². The Balaban J connectivity index is 1.61. The van der Waals surface area contributed by atoms with E-state index >= 15 is 0 Å². The Bertz CT molecular complexity index is 804. The van der Waals surface area contributed by atoms with Gasteiger partial charge in [-0.2, -0.15) is 0 Å². The lowest BCUT2D eigenvalue weighted by atomic mass is 10.3. The number of carbonyl (C=O) groups excluding carboxylic acids is 1. The lowest BCUT2D eigenvalue weighted by Crippen LogP contribution is -2.07. The molecule has 0 saturated heterocycles. The number of fused-ring (bicyclic) bond motifs is 1. The molecule has 118 valence electrons. The van der Waals surface area contributed by atoms with Crippen LogP contribution in [0.25, 0.3) is 17.2 Å². The number of para-hydroxylation sites is 2. The lowest BCUT2D eigenvalue weighted by molar-refractivity contribution is -0.111. The van der Waals surface area contributed by atoms with E-state index in [4.69, 9.17) is 4.42 Å². The van der Waals surface area contributed by atoms with Crippen LogP contribution in [0.2, 0.25) is 0 Å². The van der Waals surface area contributed by atoms with Crippen LogP contribution in [0.5, 0.6) is 0 Å². The van der Waals surface area contributed by atoms with Gasteiger partial charge in [-0.3, -0.25) is 10.1 Å². The molecule has 0 saturated carbocycles. The zero-order valence-electron chi connectivity index (χ0n) is 12.7. The lowest BCUT2D eigenvalue weighted by Gasteiger charge is -1.93. The fourth-order valence-electron chi connectivity index (χ4n) is 1.99. The van der Waals surface area contributed by atoms with E-state index in [2.05, 4.69) is 27.4 Å². The number of amides is 1. The average molecular weight is 328 g/mol. The summed E-state index contributed by atoms with van der Waals surface area (Å²) in [6.45, 7) is 2.13. The van der Waals surface area contributed by atoms with Crippen LogP contribution in [0, 0.1) is 0 Å². The summed E-state index contributed by atoms with van der Waals surface area (Å²) in [5.74, 6) is 0.104. The minimum Gasteiger partial charge on any atom is -0.437 e. The SMILES string of the molecule is CCCCc1nnc(NC(=O)/C=C/c2nc3ccccc3o2)s1. The summed E-state index contributed by atoms with van der Waals surface area (Å²) in [6, 6.07) is 7.45. The predicted molar refractivity (Wildman–Crippen MR) is 90.2 cm³/mol. The molecule has 3 aromatic rings. The Morgan fingerprint density at radius 1 is 1.35 bits per heavy atom. The fourth-order valence-corrected chi connectivity index (χ4v) is 2.77. The number of aryl methyl sites for hydroxylation is 1. The topological polar surface area (TPSA) is 80.9 Å². The van der Waals surface area contributed by atoms with Crippen LogP contribution in [-0.4, -0.2) is 21.1 Å². The molecule has 0 aliphatic rings. The highest BCUT2D eigenvalue weighted by atomic mass is 32.1. The van der Waals surface area contributed by atoms with Crippen molar-refractivity contribution < 1.29 is 9.21 Å². The highest BCUT2D eigenvalue weighted by Gasteiger charge is 2.07. The summed E-state index contributed by atoms with van der Waals surface area (Å²) in [4.78, 5) is 16.2. The quantitative estimate of drug-likeness (QED) is 0.698. The van der Waals surface area contributed by atoms with Gasteiger partial charge in [-0.25, -0.2) is 4.98 Å². The van der Waals surface area contributed by atoms with E-state index in [1.54, 1.807) is 0 Å². The summed E-state index contributed by atoms with van der Waals surface area (Å²) in [6.07, 6.45) is 5.98. The molecule has 0 atom stereocenters. The van der Waals surface area contributed by atoms with Crippen molar-refractivity contribution in [3.63, 3.8) is 0 Å². The molecule has 0 radical (unpaired) electrons. The first kappa shape index (κ1) is 15.4. The van der Waals surface area contributed by atoms with Crippen molar-refractivity contribution in [2.24, 2.45) is 0 Å². The Morgan fingerprint density at radius 3 is 3.04 bits per heavy atom. The fraction of sp³-hybridized carbons (Fsp3) is 0.250. The van der Waals surface area contributed by atoms with Crippen LogP contribution in [0.15, 0.2) is 34.8 Å². The molecule has 1 aromatic carbocycles. The first-order valence-corrected chi connectivity index (χ1v) is 8.23. The van der Waals surface area contributed by atoms with Gasteiger partial charge in [0.05, 0.1) is 0 Å². The second-order valence-electron chi connectivity index (χ2n) is 4.95. The summed E-state index contributed by atoms with van der Waals surface area (Å²) >= 11 is 1.40. The molecule has 0 spiro atoms. The van der Waals surface area contributed by atoms with E-state index < -0.39 is 0 Å². The Kier molecular flexibility index (Phi) is 4.77. The summed E-state index contributed by atoms with van der Waals surface area (Å²) in [7, 11) is 0. The molecule has 0 aliphatic heterocycles. The van der Waals surface area contributed by atoms with E-state index in [0.29, 0.717) is 16.6 Å². The maximum Gasteiger partial charge on any atom is 0.250 e. The van der Waals surface area contributed by atoms with E-state index in [0.717, 1.165) is 29.8 Å². The van der Waals surface area contributed by atoms with Gasteiger partial charge in [0.15, 0.2) is 5.58 Å². The first-order valence-electron chi connectivity index (χ1n) is 7.41. The molecule has 6 nitrogen and oxygen atoms in total. The van der Waals surface area contributed by atoms with Crippen molar-refractivity contribution in [2.75, 3.05) is 5.32 Å². The van der Waals surface area contributed by atoms with Crippen LogP contribution < -0.4 is 5.32 Å². The van der Waals surface area contributed by atoms with Crippen molar-refractivity contribution >= 4 is 39.6 Å². The second kappa shape index (κ2) is 7.15. The molecule has 1 amide bonds. The smallest absolute Gasteiger partial charge is 0.250 e. The van der Waals surface area contributed by atoms with Crippen LogP contribution in [0.1, 0.15) is 30.7 Å². The van der Waals surface area contributed by atoms with Crippen molar-refractivity contribution in [3.8, 4) is 0 Å². The molecular weight excluding hydrogens is 312 g/mol. The third-order valence-electron chi connectivity index (χ3n) is 3.13. The molecule has 3 rings (SSSR count). The molecule has 23 heavy (non-hydrogen) atoms. The number of benzene rings is 1. The molecule has 7 heteroatoms. The third-order valence-corrected chi connectivity index (χ3v) is 4.03. The summed E-state index contributed by atoms with van der Waals surface area (Å²) < 4.78 is 5.51.